The molecular formula is C21H17FN2O3S. The van der Waals surface area contributed by atoms with Crippen LogP contribution in [-0.4, -0.2) is 21.8 Å². The lowest BCUT2D eigenvalue weighted by molar-refractivity contribution is 0.155. The van der Waals surface area contributed by atoms with Crippen LogP contribution < -0.4 is 10.3 Å². The maximum atomic E-state index is 13.0. The van der Waals surface area contributed by atoms with Crippen LogP contribution in [0.5, 0.6) is 5.75 Å². The second kappa shape index (κ2) is 7.53. The molecule has 4 aromatic rings. The van der Waals surface area contributed by atoms with E-state index in [2.05, 4.69) is 4.98 Å². The van der Waals surface area contributed by atoms with Crippen molar-refractivity contribution in [1.82, 2.24) is 9.55 Å². The first-order valence-electron chi connectivity index (χ1n) is 8.62. The van der Waals surface area contributed by atoms with Gasteiger partial charge in [-0.1, -0.05) is 12.1 Å². The molecule has 0 saturated carbocycles. The van der Waals surface area contributed by atoms with Crippen LogP contribution in [0.15, 0.2) is 65.7 Å². The second-order valence-electron chi connectivity index (χ2n) is 6.32. The van der Waals surface area contributed by atoms with Crippen molar-refractivity contribution >= 4 is 21.6 Å². The Kier molecular flexibility index (Phi) is 4.93. The summed E-state index contributed by atoms with van der Waals surface area (Å²) in [5, 5.41) is 10.4. The third kappa shape index (κ3) is 3.54. The minimum atomic E-state index is -0.932. The molecule has 7 heteroatoms. The van der Waals surface area contributed by atoms with Gasteiger partial charge in [0.1, 0.15) is 16.3 Å². The summed E-state index contributed by atoms with van der Waals surface area (Å²) in [4.78, 5) is 18.1. The van der Waals surface area contributed by atoms with Crippen LogP contribution in [0.25, 0.3) is 20.7 Å². The maximum Gasteiger partial charge on any atom is 0.271 e. The van der Waals surface area contributed by atoms with E-state index >= 15 is 0 Å². The van der Waals surface area contributed by atoms with E-state index in [1.54, 1.807) is 7.11 Å². The highest BCUT2D eigenvalue weighted by atomic mass is 32.1. The highest BCUT2D eigenvalue weighted by Gasteiger charge is 2.14. The number of ether oxygens (including phenoxy) is 1. The number of hydrogen-bond acceptors (Lipinski definition) is 5. The predicted octanol–water partition coefficient (Wildman–Crippen LogP) is 4.01. The first-order chi connectivity index (χ1) is 13.5. The molecule has 0 aliphatic rings. The molecule has 1 atom stereocenters. The maximum absolute atomic E-state index is 13.0. The molecule has 0 radical (unpaired) electrons. The van der Waals surface area contributed by atoms with Gasteiger partial charge in [-0.3, -0.25) is 9.36 Å². The third-order valence-electron chi connectivity index (χ3n) is 4.50. The molecule has 0 bridgehead atoms. The first kappa shape index (κ1) is 18.3. The number of methoxy groups -OCH3 is 1. The van der Waals surface area contributed by atoms with Crippen LogP contribution >= 0.6 is 11.3 Å². The fraction of sp³-hybridized carbons (Fsp3) is 0.143. The summed E-state index contributed by atoms with van der Waals surface area (Å²) in [6.07, 6.45) is 0.501. The van der Waals surface area contributed by atoms with Crippen molar-refractivity contribution < 1.29 is 14.2 Å². The van der Waals surface area contributed by atoms with Gasteiger partial charge in [0.05, 0.1) is 31.6 Å². The van der Waals surface area contributed by atoms with Gasteiger partial charge in [0, 0.05) is 4.88 Å². The standard InChI is InChI=1S/C21H17FN2O3S/c1-27-16-8-4-14(5-9-16)19-10-17-20(28-19)21(26)24(12-23-17)11-18(25)13-2-6-15(22)7-3-13/h2-10,12,18,25H,11H2,1H3/t18-/m0/s1. The molecule has 28 heavy (non-hydrogen) atoms. The predicted molar refractivity (Wildman–Crippen MR) is 107 cm³/mol. The Balaban J connectivity index is 1.64. The van der Waals surface area contributed by atoms with Gasteiger partial charge in [-0.2, -0.15) is 0 Å². The van der Waals surface area contributed by atoms with Crippen LogP contribution in [-0.2, 0) is 6.54 Å². The third-order valence-corrected chi connectivity index (χ3v) is 5.66. The van der Waals surface area contributed by atoms with E-state index in [1.165, 1.54) is 46.5 Å². The van der Waals surface area contributed by atoms with Gasteiger partial charge in [0.15, 0.2) is 0 Å². The molecule has 2 aromatic heterocycles. The summed E-state index contributed by atoms with van der Waals surface area (Å²) in [5.41, 5.74) is 1.92. The molecule has 0 spiro atoms. The molecule has 0 aliphatic carbocycles. The number of benzene rings is 2. The number of aromatic nitrogens is 2. The molecule has 4 rings (SSSR count). The summed E-state index contributed by atoms with van der Waals surface area (Å²) < 4.78 is 20.1. The van der Waals surface area contributed by atoms with E-state index < -0.39 is 6.10 Å². The van der Waals surface area contributed by atoms with Crippen LogP contribution in [0.1, 0.15) is 11.7 Å². The van der Waals surface area contributed by atoms with Gasteiger partial charge >= 0.3 is 0 Å². The van der Waals surface area contributed by atoms with Gasteiger partial charge in [0.25, 0.3) is 5.56 Å². The summed E-state index contributed by atoms with van der Waals surface area (Å²) in [5.74, 6) is 0.390. The van der Waals surface area contributed by atoms with E-state index in [9.17, 15) is 14.3 Å². The molecule has 1 N–H and O–H groups in total. The van der Waals surface area contributed by atoms with Crippen molar-refractivity contribution in [3.8, 4) is 16.2 Å². The zero-order valence-electron chi connectivity index (χ0n) is 15.0. The zero-order chi connectivity index (χ0) is 19.7. The molecule has 0 saturated heterocycles. The van der Waals surface area contributed by atoms with Crippen molar-refractivity contribution in [2.45, 2.75) is 12.6 Å². The van der Waals surface area contributed by atoms with Gasteiger partial charge < -0.3 is 9.84 Å². The van der Waals surface area contributed by atoms with Crippen molar-refractivity contribution in [2.24, 2.45) is 0 Å². The molecule has 142 valence electrons. The quantitative estimate of drug-likeness (QED) is 0.554. The number of aliphatic hydroxyl groups is 1. The average molecular weight is 396 g/mol. The van der Waals surface area contributed by atoms with Crippen LogP contribution in [0.4, 0.5) is 4.39 Å². The van der Waals surface area contributed by atoms with E-state index in [1.807, 2.05) is 30.3 Å². The lowest BCUT2D eigenvalue weighted by atomic mass is 10.1. The lowest BCUT2D eigenvalue weighted by Crippen LogP contribution is -2.23. The Bertz CT molecular complexity index is 1170. The SMILES string of the molecule is COc1ccc(-c2cc3ncn(C[C@H](O)c4ccc(F)cc4)c(=O)c3s2)cc1. The Labute approximate surface area is 164 Å². The number of halogens is 1. The Morgan fingerprint density at radius 2 is 1.89 bits per heavy atom. The van der Waals surface area contributed by atoms with E-state index in [-0.39, 0.29) is 17.9 Å². The summed E-state index contributed by atoms with van der Waals surface area (Å²) in [7, 11) is 1.61. The number of thiophene rings is 1. The number of nitrogens with zero attached hydrogens (tertiary/aromatic N) is 2. The molecule has 5 nitrogen and oxygen atoms in total. The first-order valence-corrected chi connectivity index (χ1v) is 9.44. The fourth-order valence-electron chi connectivity index (χ4n) is 2.95. The van der Waals surface area contributed by atoms with Crippen LogP contribution in [0, 0.1) is 5.82 Å². The van der Waals surface area contributed by atoms with Gasteiger partial charge in [-0.15, -0.1) is 11.3 Å². The molecular weight excluding hydrogens is 379 g/mol. The van der Waals surface area contributed by atoms with Crippen molar-refractivity contribution in [3.63, 3.8) is 0 Å². The Morgan fingerprint density at radius 1 is 1.18 bits per heavy atom. The van der Waals surface area contributed by atoms with Gasteiger partial charge in [-0.25, -0.2) is 9.37 Å². The second-order valence-corrected chi connectivity index (χ2v) is 7.38. The van der Waals surface area contributed by atoms with Gasteiger partial charge in [0.2, 0.25) is 0 Å². The van der Waals surface area contributed by atoms with Crippen molar-refractivity contribution in [2.75, 3.05) is 7.11 Å². The average Bonchev–Trinajstić information content (AvgIpc) is 3.16. The zero-order valence-corrected chi connectivity index (χ0v) is 15.8. The number of hydrogen-bond donors (Lipinski definition) is 1. The minimum absolute atomic E-state index is 0.0448. The summed E-state index contributed by atoms with van der Waals surface area (Å²) >= 11 is 1.36. The topological polar surface area (TPSA) is 64.3 Å². The summed E-state index contributed by atoms with van der Waals surface area (Å²) in [6, 6.07) is 15.0. The van der Waals surface area contributed by atoms with Crippen LogP contribution in [0.3, 0.4) is 0 Å². The number of fused-ring (bicyclic) bond motifs is 1. The highest BCUT2D eigenvalue weighted by Crippen LogP contribution is 2.31. The van der Waals surface area contributed by atoms with E-state index in [4.69, 9.17) is 4.74 Å². The minimum Gasteiger partial charge on any atom is -0.497 e. The molecule has 2 heterocycles. The Hall–Kier alpha value is -3.03. The lowest BCUT2D eigenvalue weighted by Gasteiger charge is -2.12. The normalized spacial score (nSPS) is 12.2. The van der Waals surface area contributed by atoms with Crippen molar-refractivity contribution in [1.29, 1.82) is 0 Å². The molecule has 2 aromatic carbocycles. The van der Waals surface area contributed by atoms with Crippen LogP contribution in [0.2, 0.25) is 0 Å². The van der Waals surface area contributed by atoms with Gasteiger partial charge in [-0.05, 0) is 53.6 Å². The number of rotatable bonds is 5. The molecule has 0 fully saturated rings. The van der Waals surface area contributed by atoms with E-state index in [0.717, 1.165) is 16.2 Å². The highest BCUT2D eigenvalue weighted by molar-refractivity contribution is 7.22. The molecule has 0 amide bonds. The summed E-state index contributed by atoms with van der Waals surface area (Å²) in [6.45, 7) is 0.0448. The molecule has 0 aliphatic heterocycles. The Morgan fingerprint density at radius 3 is 2.57 bits per heavy atom. The monoisotopic (exact) mass is 396 g/mol. The van der Waals surface area contributed by atoms with Crippen molar-refractivity contribution in [3.05, 3.63) is 82.7 Å². The molecule has 0 unspecified atom stereocenters. The van der Waals surface area contributed by atoms with E-state index in [0.29, 0.717) is 15.8 Å². The fourth-order valence-corrected chi connectivity index (χ4v) is 4.01. The number of aliphatic hydroxyl groups excluding tert-OH is 1. The largest absolute Gasteiger partial charge is 0.497 e. The smallest absolute Gasteiger partial charge is 0.271 e.